The molecule has 1 saturated heterocycles. The molecule has 2 heterocycles. The molecule has 1 aromatic heterocycles. The van der Waals surface area contributed by atoms with Crippen LogP contribution in [0.4, 0.5) is 5.69 Å². The number of nitrogens with two attached hydrogens (primary N) is 1. The third-order valence-electron chi connectivity index (χ3n) is 2.83. The van der Waals surface area contributed by atoms with Crippen molar-refractivity contribution in [2.24, 2.45) is 0 Å². The molecule has 0 radical (unpaired) electrons. The molecule has 0 aromatic carbocycles. The molecule has 4 nitrogen and oxygen atoms in total. The number of nitrogens with zero attached hydrogens (tertiary/aromatic N) is 3. The average Bonchev–Trinajstić information content (AvgIpc) is 2.74. The van der Waals surface area contributed by atoms with Crippen molar-refractivity contribution in [2.75, 3.05) is 25.4 Å². The van der Waals surface area contributed by atoms with Crippen molar-refractivity contribution in [3.05, 3.63) is 11.9 Å². The van der Waals surface area contributed by atoms with E-state index in [1.54, 1.807) is 0 Å². The second kappa shape index (κ2) is 4.00. The molecule has 0 unspecified atom stereocenters. The molecule has 1 fully saturated rings. The maximum absolute atomic E-state index is 5.73. The Kier molecular flexibility index (Phi) is 2.72. The van der Waals surface area contributed by atoms with E-state index < -0.39 is 0 Å². The van der Waals surface area contributed by atoms with Gasteiger partial charge in [-0.25, -0.2) is 0 Å². The summed E-state index contributed by atoms with van der Waals surface area (Å²) in [5.41, 5.74) is 7.46. The molecule has 0 atom stereocenters. The molecule has 0 bridgehead atoms. The molecule has 0 amide bonds. The van der Waals surface area contributed by atoms with Crippen LogP contribution >= 0.6 is 0 Å². The van der Waals surface area contributed by atoms with E-state index >= 15 is 0 Å². The first kappa shape index (κ1) is 9.52. The highest BCUT2D eigenvalue weighted by molar-refractivity contribution is 5.39. The van der Waals surface area contributed by atoms with Crippen molar-refractivity contribution in [3.63, 3.8) is 0 Å². The Morgan fingerprint density at radius 2 is 2.07 bits per heavy atom. The second-order valence-corrected chi connectivity index (χ2v) is 3.98. The third kappa shape index (κ3) is 2.07. The summed E-state index contributed by atoms with van der Waals surface area (Å²) in [4.78, 5) is 2.48. The van der Waals surface area contributed by atoms with Gasteiger partial charge in [0.15, 0.2) is 0 Å². The molecule has 78 valence electrons. The summed E-state index contributed by atoms with van der Waals surface area (Å²) in [6.07, 6.45) is 4.62. The fourth-order valence-corrected chi connectivity index (χ4v) is 1.90. The standard InChI is InChI=1S/C10H18N4/c1-9-10(11)8-14(12-9)7-6-13-4-2-3-5-13/h8H,2-7,11H2,1H3. The van der Waals surface area contributed by atoms with Crippen LogP contribution < -0.4 is 5.73 Å². The summed E-state index contributed by atoms with van der Waals surface area (Å²) in [7, 11) is 0. The number of aromatic nitrogens is 2. The number of hydrogen-bond acceptors (Lipinski definition) is 3. The number of rotatable bonds is 3. The van der Waals surface area contributed by atoms with E-state index in [0.717, 1.165) is 24.5 Å². The van der Waals surface area contributed by atoms with Crippen molar-refractivity contribution in [1.82, 2.24) is 14.7 Å². The Balaban J connectivity index is 1.85. The van der Waals surface area contributed by atoms with Gasteiger partial charge in [-0.3, -0.25) is 4.68 Å². The molecule has 0 spiro atoms. The molecule has 4 heteroatoms. The summed E-state index contributed by atoms with van der Waals surface area (Å²) in [6.45, 7) is 6.49. The van der Waals surface area contributed by atoms with Crippen molar-refractivity contribution in [2.45, 2.75) is 26.3 Å². The van der Waals surface area contributed by atoms with Crippen molar-refractivity contribution < 1.29 is 0 Å². The lowest BCUT2D eigenvalue weighted by atomic mass is 10.4. The Morgan fingerprint density at radius 1 is 1.36 bits per heavy atom. The first-order chi connectivity index (χ1) is 6.75. The van der Waals surface area contributed by atoms with Crippen LogP contribution in [-0.2, 0) is 6.54 Å². The number of nitrogen functional groups attached to an aromatic ring is 1. The van der Waals surface area contributed by atoms with E-state index in [2.05, 4.69) is 10.00 Å². The minimum atomic E-state index is 0.798. The largest absolute Gasteiger partial charge is 0.396 e. The molecule has 0 aliphatic carbocycles. The number of likely N-dealkylation sites (tertiary alicyclic amines) is 1. The van der Waals surface area contributed by atoms with Crippen LogP contribution in [-0.4, -0.2) is 34.3 Å². The lowest BCUT2D eigenvalue weighted by molar-refractivity contribution is 0.315. The normalized spacial score (nSPS) is 17.8. The maximum atomic E-state index is 5.73. The molecule has 2 rings (SSSR count). The highest BCUT2D eigenvalue weighted by Gasteiger charge is 2.11. The van der Waals surface area contributed by atoms with Crippen molar-refractivity contribution in [3.8, 4) is 0 Å². The van der Waals surface area contributed by atoms with Crippen LogP contribution in [0.25, 0.3) is 0 Å². The molecule has 2 N–H and O–H groups in total. The van der Waals surface area contributed by atoms with E-state index in [4.69, 9.17) is 5.73 Å². The van der Waals surface area contributed by atoms with Gasteiger partial charge in [0.1, 0.15) is 0 Å². The molecule has 1 aromatic rings. The number of anilines is 1. The van der Waals surface area contributed by atoms with Gasteiger partial charge in [0.05, 0.1) is 17.9 Å². The Bertz CT molecular complexity index is 280. The van der Waals surface area contributed by atoms with Gasteiger partial charge >= 0.3 is 0 Å². The van der Waals surface area contributed by atoms with Crippen LogP contribution in [0.15, 0.2) is 6.20 Å². The molecule has 1 aliphatic heterocycles. The minimum absolute atomic E-state index is 0.798. The first-order valence-corrected chi connectivity index (χ1v) is 5.27. The summed E-state index contributed by atoms with van der Waals surface area (Å²) in [6, 6.07) is 0. The number of hydrogen-bond donors (Lipinski definition) is 1. The van der Waals surface area contributed by atoms with Gasteiger partial charge in [-0.15, -0.1) is 0 Å². The Labute approximate surface area is 84.7 Å². The van der Waals surface area contributed by atoms with Crippen LogP contribution in [0, 0.1) is 6.92 Å². The molecule has 0 saturated carbocycles. The summed E-state index contributed by atoms with van der Waals surface area (Å²) < 4.78 is 1.95. The van der Waals surface area contributed by atoms with E-state index in [0.29, 0.717) is 0 Å². The third-order valence-corrected chi connectivity index (χ3v) is 2.83. The topological polar surface area (TPSA) is 47.1 Å². The van der Waals surface area contributed by atoms with Crippen molar-refractivity contribution in [1.29, 1.82) is 0 Å². The van der Waals surface area contributed by atoms with Gasteiger partial charge in [-0.05, 0) is 32.9 Å². The zero-order chi connectivity index (χ0) is 9.97. The van der Waals surface area contributed by atoms with Crippen LogP contribution in [0.1, 0.15) is 18.5 Å². The minimum Gasteiger partial charge on any atom is -0.396 e. The van der Waals surface area contributed by atoms with Crippen LogP contribution in [0.3, 0.4) is 0 Å². The lowest BCUT2D eigenvalue weighted by Gasteiger charge is -2.13. The van der Waals surface area contributed by atoms with Gasteiger partial charge < -0.3 is 10.6 Å². The summed E-state index contributed by atoms with van der Waals surface area (Å²) >= 11 is 0. The van der Waals surface area contributed by atoms with E-state index in [-0.39, 0.29) is 0 Å². The van der Waals surface area contributed by atoms with E-state index in [9.17, 15) is 0 Å². The number of aryl methyl sites for hydroxylation is 1. The zero-order valence-corrected chi connectivity index (χ0v) is 8.74. The fourth-order valence-electron chi connectivity index (χ4n) is 1.90. The SMILES string of the molecule is Cc1nn(CCN2CCCC2)cc1N. The predicted molar refractivity (Wildman–Crippen MR) is 57.1 cm³/mol. The maximum Gasteiger partial charge on any atom is 0.0822 e. The fraction of sp³-hybridized carbons (Fsp3) is 0.700. The Morgan fingerprint density at radius 3 is 2.64 bits per heavy atom. The second-order valence-electron chi connectivity index (χ2n) is 3.98. The molecular weight excluding hydrogens is 176 g/mol. The first-order valence-electron chi connectivity index (χ1n) is 5.27. The molecular formula is C10H18N4. The quantitative estimate of drug-likeness (QED) is 0.776. The van der Waals surface area contributed by atoms with Crippen LogP contribution in [0.5, 0.6) is 0 Å². The molecule has 14 heavy (non-hydrogen) atoms. The summed E-state index contributed by atoms with van der Waals surface area (Å²) in [5.74, 6) is 0. The van der Waals surface area contributed by atoms with Gasteiger partial charge in [0, 0.05) is 12.7 Å². The predicted octanol–water partition coefficient (Wildman–Crippen LogP) is 0.870. The highest BCUT2D eigenvalue weighted by Crippen LogP contribution is 2.09. The van der Waals surface area contributed by atoms with Gasteiger partial charge in [-0.1, -0.05) is 0 Å². The van der Waals surface area contributed by atoms with E-state index in [1.165, 1.54) is 25.9 Å². The van der Waals surface area contributed by atoms with Gasteiger partial charge in [0.2, 0.25) is 0 Å². The van der Waals surface area contributed by atoms with Gasteiger partial charge in [-0.2, -0.15) is 5.10 Å². The van der Waals surface area contributed by atoms with Crippen LogP contribution in [0.2, 0.25) is 0 Å². The molecule has 1 aliphatic rings. The zero-order valence-electron chi connectivity index (χ0n) is 8.74. The smallest absolute Gasteiger partial charge is 0.0822 e. The lowest BCUT2D eigenvalue weighted by Crippen LogP contribution is -2.24. The van der Waals surface area contributed by atoms with Crippen molar-refractivity contribution >= 4 is 5.69 Å². The highest BCUT2D eigenvalue weighted by atomic mass is 15.3. The van der Waals surface area contributed by atoms with E-state index in [1.807, 2.05) is 17.8 Å². The summed E-state index contributed by atoms with van der Waals surface area (Å²) in [5, 5.41) is 4.34. The average molecular weight is 194 g/mol. The Hall–Kier alpha value is -1.03. The van der Waals surface area contributed by atoms with Gasteiger partial charge in [0.25, 0.3) is 0 Å². The monoisotopic (exact) mass is 194 g/mol.